The van der Waals surface area contributed by atoms with E-state index in [0.717, 1.165) is 68.6 Å². The van der Waals surface area contributed by atoms with E-state index >= 15 is 0 Å². The van der Waals surface area contributed by atoms with Crippen LogP contribution in [0, 0.1) is 0 Å². The summed E-state index contributed by atoms with van der Waals surface area (Å²) in [6.45, 7) is 4.45. The summed E-state index contributed by atoms with van der Waals surface area (Å²) in [5.41, 5.74) is 1.15. The van der Waals surface area contributed by atoms with Crippen molar-refractivity contribution < 1.29 is 18.9 Å². The molecule has 0 bridgehead atoms. The van der Waals surface area contributed by atoms with Gasteiger partial charge in [0.05, 0.1) is 6.10 Å². The van der Waals surface area contributed by atoms with E-state index in [0.29, 0.717) is 19.4 Å². The molecule has 0 atom stereocenters. The van der Waals surface area contributed by atoms with Gasteiger partial charge in [0.1, 0.15) is 0 Å². The molecule has 0 spiro atoms. The number of fused-ring (bicyclic) bond motifs is 1. The van der Waals surface area contributed by atoms with Crippen LogP contribution < -0.4 is 14.8 Å². The maximum absolute atomic E-state index is 5.93. The summed E-state index contributed by atoms with van der Waals surface area (Å²) in [6, 6.07) is 6.02. The third-order valence-corrected chi connectivity index (χ3v) is 4.69. The first kappa shape index (κ1) is 18.8. The molecule has 1 fully saturated rings. The molecule has 0 aliphatic carbocycles. The Labute approximate surface area is 155 Å². The highest BCUT2D eigenvalue weighted by Gasteiger charge is 2.22. The van der Waals surface area contributed by atoms with Crippen molar-refractivity contribution in [3.63, 3.8) is 0 Å². The molecular weight excluding hydrogens is 334 g/mol. The van der Waals surface area contributed by atoms with Gasteiger partial charge in [0, 0.05) is 47.0 Å². The van der Waals surface area contributed by atoms with Crippen molar-refractivity contribution in [2.45, 2.75) is 31.9 Å². The first-order chi connectivity index (χ1) is 12.8. The van der Waals surface area contributed by atoms with Gasteiger partial charge in [-0.1, -0.05) is 6.07 Å². The number of methoxy groups -OCH3 is 1. The average molecular weight is 363 g/mol. The molecule has 0 radical (unpaired) electrons. The van der Waals surface area contributed by atoms with Crippen molar-refractivity contribution in [3.8, 4) is 11.5 Å². The zero-order valence-corrected chi connectivity index (χ0v) is 15.7. The summed E-state index contributed by atoms with van der Waals surface area (Å²) in [5, 5.41) is 3.44. The predicted octanol–water partition coefficient (Wildman–Crippen LogP) is 2.01. The normalized spacial score (nSPS) is 17.6. The van der Waals surface area contributed by atoms with Crippen LogP contribution in [-0.2, 0) is 16.0 Å². The lowest BCUT2D eigenvalue weighted by Crippen LogP contribution is -2.46. The summed E-state index contributed by atoms with van der Waals surface area (Å²) in [5.74, 6) is 2.55. The molecule has 2 heterocycles. The molecule has 3 rings (SSSR count). The fraction of sp³-hybridized carbons (Fsp3) is 0.632. The minimum Gasteiger partial charge on any atom is -0.454 e. The zero-order chi connectivity index (χ0) is 18.2. The molecule has 1 saturated heterocycles. The average Bonchev–Trinajstić information content (AvgIpc) is 3.14. The Bertz CT molecular complexity index is 600. The van der Waals surface area contributed by atoms with Crippen LogP contribution in [0.1, 0.15) is 24.8 Å². The smallest absolute Gasteiger partial charge is 0.231 e. The lowest BCUT2D eigenvalue weighted by molar-refractivity contribution is 0.00989. The highest BCUT2D eigenvalue weighted by Crippen LogP contribution is 2.32. The Balaban J connectivity index is 1.42. The summed E-state index contributed by atoms with van der Waals surface area (Å²) >= 11 is 0. The second-order valence-electron chi connectivity index (χ2n) is 6.49. The Kier molecular flexibility index (Phi) is 6.96. The number of guanidine groups is 1. The standard InChI is InChI=1S/C19H29N3O4/c1-20-19(21-13-15-4-5-17-18(12-15)26-14-25-17)22-8-6-16(7-9-22)24-11-3-10-23-2/h4-5,12,16H,3,6-11,13-14H2,1-2H3,(H,20,21). The monoisotopic (exact) mass is 363 g/mol. The van der Waals surface area contributed by atoms with Crippen LogP contribution in [0.25, 0.3) is 0 Å². The largest absolute Gasteiger partial charge is 0.454 e. The van der Waals surface area contributed by atoms with Crippen LogP contribution in [0.5, 0.6) is 11.5 Å². The first-order valence-electron chi connectivity index (χ1n) is 9.25. The molecule has 0 amide bonds. The molecule has 0 aromatic heterocycles. The molecule has 2 aliphatic rings. The lowest BCUT2D eigenvalue weighted by Gasteiger charge is -2.34. The van der Waals surface area contributed by atoms with Crippen LogP contribution in [0.3, 0.4) is 0 Å². The van der Waals surface area contributed by atoms with Crippen molar-refractivity contribution in [1.82, 2.24) is 10.2 Å². The van der Waals surface area contributed by atoms with Crippen LogP contribution in [0.2, 0.25) is 0 Å². The van der Waals surface area contributed by atoms with E-state index in [2.05, 4.69) is 15.2 Å². The van der Waals surface area contributed by atoms with Crippen LogP contribution in [-0.4, -0.2) is 64.2 Å². The maximum atomic E-state index is 5.93. The number of aliphatic imine (C=N–C) groups is 1. The van der Waals surface area contributed by atoms with Gasteiger partial charge < -0.3 is 29.2 Å². The Morgan fingerprint density at radius 2 is 2.04 bits per heavy atom. The molecule has 7 heteroatoms. The fourth-order valence-electron chi connectivity index (χ4n) is 3.25. The van der Waals surface area contributed by atoms with Gasteiger partial charge in [-0.25, -0.2) is 0 Å². The van der Waals surface area contributed by atoms with E-state index in [1.807, 2.05) is 25.2 Å². The minimum atomic E-state index is 0.302. The quantitative estimate of drug-likeness (QED) is 0.454. The van der Waals surface area contributed by atoms with Gasteiger partial charge in [0.25, 0.3) is 0 Å². The van der Waals surface area contributed by atoms with Gasteiger partial charge in [-0.05, 0) is 37.0 Å². The van der Waals surface area contributed by atoms with Gasteiger partial charge >= 0.3 is 0 Å². The van der Waals surface area contributed by atoms with Gasteiger partial charge in [-0.3, -0.25) is 4.99 Å². The van der Waals surface area contributed by atoms with Crippen molar-refractivity contribution in [1.29, 1.82) is 0 Å². The Morgan fingerprint density at radius 1 is 1.23 bits per heavy atom. The Morgan fingerprint density at radius 3 is 2.81 bits per heavy atom. The van der Waals surface area contributed by atoms with E-state index in [1.165, 1.54) is 0 Å². The molecule has 0 saturated carbocycles. The fourth-order valence-corrected chi connectivity index (χ4v) is 3.25. The third-order valence-electron chi connectivity index (χ3n) is 4.69. The molecule has 1 N–H and O–H groups in total. The molecule has 144 valence electrons. The van der Waals surface area contributed by atoms with E-state index in [4.69, 9.17) is 18.9 Å². The molecule has 7 nitrogen and oxygen atoms in total. The van der Waals surface area contributed by atoms with E-state index in [-0.39, 0.29) is 0 Å². The number of hydrogen-bond acceptors (Lipinski definition) is 5. The van der Waals surface area contributed by atoms with Crippen LogP contribution in [0.15, 0.2) is 23.2 Å². The van der Waals surface area contributed by atoms with Crippen molar-refractivity contribution in [2.24, 2.45) is 4.99 Å². The SMILES string of the molecule is CN=C(NCc1ccc2c(c1)OCO2)N1CCC(OCCCOC)CC1. The second-order valence-corrected chi connectivity index (χ2v) is 6.49. The zero-order valence-electron chi connectivity index (χ0n) is 15.7. The topological polar surface area (TPSA) is 64.6 Å². The maximum Gasteiger partial charge on any atom is 0.231 e. The second kappa shape index (κ2) is 9.64. The summed E-state index contributed by atoms with van der Waals surface area (Å²) in [7, 11) is 3.55. The Hall–Kier alpha value is -1.99. The molecule has 1 aromatic rings. The highest BCUT2D eigenvalue weighted by atomic mass is 16.7. The van der Waals surface area contributed by atoms with E-state index < -0.39 is 0 Å². The van der Waals surface area contributed by atoms with Gasteiger partial charge in [0.15, 0.2) is 17.5 Å². The highest BCUT2D eigenvalue weighted by molar-refractivity contribution is 5.80. The number of nitrogens with zero attached hydrogens (tertiary/aromatic N) is 2. The summed E-state index contributed by atoms with van der Waals surface area (Å²) in [6.07, 6.45) is 3.35. The summed E-state index contributed by atoms with van der Waals surface area (Å²) in [4.78, 5) is 6.72. The number of ether oxygens (including phenoxy) is 4. The van der Waals surface area contributed by atoms with Crippen LogP contribution >= 0.6 is 0 Å². The van der Waals surface area contributed by atoms with Gasteiger partial charge in [-0.15, -0.1) is 0 Å². The molecule has 26 heavy (non-hydrogen) atoms. The molecule has 0 unspecified atom stereocenters. The number of nitrogens with one attached hydrogen (secondary N) is 1. The number of benzene rings is 1. The third kappa shape index (κ3) is 5.02. The van der Waals surface area contributed by atoms with E-state index in [1.54, 1.807) is 7.11 Å². The lowest BCUT2D eigenvalue weighted by atomic mass is 10.1. The van der Waals surface area contributed by atoms with Crippen molar-refractivity contribution >= 4 is 5.96 Å². The molecule has 1 aromatic carbocycles. The predicted molar refractivity (Wildman–Crippen MR) is 99.8 cm³/mol. The molecule has 2 aliphatic heterocycles. The minimum absolute atomic E-state index is 0.302. The summed E-state index contributed by atoms with van der Waals surface area (Å²) < 4.78 is 21.8. The van der Waals surface area contributed by atoms with Gasteiger partial charge in [0.2, 0.25) is 6.79 Å². The van der Waals surface area contributed by atoms with E-state index in [9.17, 15) is 0 Å². The number of likely N-dealkylation sites (tertiary alicyclic amines) is 1. The van der Waals surface area contributed by atoms with Gasteiger partial charge in [-0.2, -0.15) is 0 Å². The first-order valence-corrected chi connectivity index (χ1v) is 9.25. The van der Waals surface area contributed by atoms with Crippen molar-refractivity contribution in [2.75, 3.05) is 47.3 Å². The number of piperidine rings is 1. The molecular formula is C19H29N3O4. The van der Waals surface area contributed by atoms with Crippen molar-refractivity contribution in [3.05, 3.63) is 23.8 Å². The number of hydrogen-bond donors (Lipinski definition) is 1. The van der Waals surface area contributed by atoms with Crippen LogP contribution in [0.4, 0.5) is 0 Å². The number of rotatable bonds is 7.